The van der Waals surface area contributed by atoms with Crippen LogP contribution in [0.1, 0.15) is 19.4 Å². The summed E-state index contributed by atoms with van der Waals surface area (Å²) in [5.74, 6) is 0.916. The van der Waals surface area contributed by atoms with E-state index in [0.29, 0.717) is 0 Å². The number of benzene rings is 1. The molecule has 0 aliphatic carbocycles. The van der Waals surface area contributed by atoms with Crippen LogP contribution in [0.3, 0.4) is 0 Å². The minimum absolute atomic E-state index is 0.0723. The van der Waals surface area contributed by atoms with Crippen LogP contribution < -0.4 is 0 Å². The maximum absolute atomic E-state index is 5.38. The van der Waals surface area contributed by atoms with Crippen molar-refractivity contribution in [1.29, 1.82) is 0 Å². The molecule has 0 bridgehead atoms. The van der Waals surface area contributed by atoms with Gasteiger partial charge in [0.05, 0.1) is 6.26 Å². The maximum atomic E-state index is 5.38. The minimum atomic E-state index is 0.0723. The molecule has 1 aromatic heterocycles. The average molecular weight is 338 g/mol. The molecule has 0 N–H and O–H groups in total. The van der Waals surface area contributed by atoms with Gasteiger partial charge < -0.3 is 4.42 Å². The van der Waals surface area contributed by atoms with Gasteiger partial charge in [0, 0.05) is 11.0 Å². The molecule has 0 atom stereocenters. The van der Waals surface area contributed by atoms with E-state index >= 15 is 0 Å². The number of rotatable bonds is 3. The second kappa shape index (κ2) is 5.08. The SMILES string of the molecule is CC(C)(/C=C/I)c1ccc(-c2ccco2)cc1. The zero-order chi connectivity index (χ0) is 12.3. The van der Waals surface area contributed by atoms with Crippen LogP contribution in [0.25, 0.3) is 11.3 Å². The van der Waals surface area contributed by atoms with Crippen molar-refractivity contribution in [3.05, 3.63) is 58.4 Å². The minimum Gasteiger partial charge on any atom is -0.464 e. The number of hydrogen-bond donors (Lipinski definition) is 0. The van der Waals surface area contributed by atoms with Crippen LogP contribution in [-0.2, 0) is 5.41 Å². The number of allylic oxidation sites excluding steroid dienone is 1. The average Bonchev–Trinajstić information content (AvgIpc) is 2.82. The summed E-state index contributed by atoms with van der Waals surface area (Å²) >= 11 is 2.26. The van der Waals surface area contributed by atoms with Gasteiger partial charge in [0.2, 0.25) is 0 Å². The molecule has 1 nitrogen and oxygen atoms in total. The van der Waals surface area contributed by atoms with Gasteiger partial charge in [-0.2, -0.15) is 0 Å². The van der Waals surface area contributed by atoms with Crippen LogP contribution >= 0.6 is 22.6 Å². The molecule has 88 valence electrons. The zero-order valence-corrected chi connectivity index (χ0v) is 12.1. The molecule has 0 unspecified atom stereocenters. The molecule has 2 aromatic rings. The zero-order valence-electron chi connectivity index (χ0n) is 9.98. The first-order chi connectivity index (χ1) is 8.13. The van der Waals surface area contributed by atoms with Crippen LogP contribution in [0.4, 0.5) is 0 Å². The van der Waals surface area contributed by atoms with E-state index in [-0.39, 0.29) is 5.41 Å². The highest BCUT2D eigenvalue weighted by Gasteiger charge is 2.16. The van der Waals surface area contributed by atoms with E-state index < -0.39 is 0 Å². The second-order valence-electron chi connectivity index (χ2n) is 4.57. The molecule has 0 radical (unpaired) electrons. The van der Waals surface area contributed by atoms with Crippen molar-refractivity contribution in [2.75, 3.05) is 0 Å². The van der Waals surface area contributed by atoms with Crippen molar-refractivity contribution >= 4 is 22.6 Å². The Bertz CT molecular complexity index is 492. The summed E-state index contributed by atoms with van der Waals surface area (Å²) in [7, 11) is 0. The number of halogens is 1. The lowest BCUT2D eigenvalue weighted by molar-refractivity contribution is 0.582. The first-order valence-electron chi connectivity index (χ1n) is 5.56. The Kier molecular flexibility index (Phi) is 3.72. The Morgan fingerprint density at radius 2 is 1.82 bits per heavy atom. The molecule has 0 spiro atoms. The van der Waals surface area contributed by atoms with Gasteiger partial charge in [0.15, 0.2) is 0 Å². The van der Waals surface area contributed by atoms with E-state index in [1.54, 1.807) is 6.26 Å². The van der Waals surface area contributed by atoms with Gasteiger partial charge in [0.1, 0.15) is 5.76 Å². The summed E-state index contributed by atoms with van der Waals surface area (Å²) in [5.41, 5.74) is 2.50. The first-order valence-corrected chi connectivity index (χ1v) is 6.80. The van der Waals surface area contributed by atoms with Crippen molar-refractivity contribution < 1.29 is 4.42 Å². The van der Waals surface area contributed by atoms with Gasteiger partial charge in [-0.3, -0.25) is 0 Å². The van der Waals surface area contributed by atoms with Crippen LogP contribution in [0.2, 0.25) is 0 Å². The molecule has 0 saturated heterocycles. The summed E-state index contributed by atoms with van der Waals surface area (Å²) in [5, 5.41) is 0. The van der Waals surface area contributed by atoms with E-state index in [9.17, 15) is 0 Å². The molecule has 0 fully saturated rings. The number of furan rings is 1. The lowest BCUT2D eigenvalue weighted by Gasteiger charge is -2.20. The summed E-state index contributed by atoms with van der Waals surface area (Å²) in [6.45, 7) is 4.42. The fraction of sp³-hybridized carbons (Fsp3) is 0.200. The Morgan fingerprint density at radius 1 is 1.12 bits per heavy atom. The molecule has 1 aromatic carbocycles. The molecule has 0 aliphatic heterocycles. The molecular formula is C15H15IO. The van der Waals surface area contributed by atoms with Gasteiger partial charge in [-0.1, -0.05) is 66.8 Å². The molecule has 2 heteroatoms. The Labute approximate surface area is 116 Å². The fourth-order valence-electron chi connectivity index (χ4n) is 1.76. The van der Waals surface area contributed by atoms with E-state index in [1.165, 1.54) is 5.56 Å². The van der Waals surface area contributed by atoms with Crippen LogP contribution in [-0.4, -0.2) is 0 Å². The van der Waals surface area contributed by atoms with Crippen LogP contribution in [0.5, 0.6) is 0 Å². The quantitative estimate of drug-likeness (QED) is 0.704. The largest absolute Gasteiger partial charge is 0.464 e. The number of hydrogen-bond acceptors (Lipinski definition) is 1. The summed E-state index contributed by atoms with van der Waals surface area (Å²) in [6.07, 6.45) is 3.90. The third-order valence-electron chi connectivity index (χ3n) is 2.91. The van der Waals surface area contributed by atoms with Crippen molar-refractivity contribution in [2.45, 2.75) is 19.3 Å². The van der Waals surface area contributed by atoms with E-state index in [0.717, 1.165) is 11.3 Å². The third kappa shape index (κ3) is 2.80. The summed E-state index contributed by atoms with van der Waals surface area (Å²) in [4.78, 5) is 0. The highest BCUT2D eigenvalue weighted by Crippen LogP contribution is 2.28. The van der Waals surface area contributed by atoms with Gasteiger partial charge >= 0.3 is 0 Å². The Morgan fingerprint density at radius 3 is 2.35 bits per heavy atom. The topological polar surface area (TPSA) is 13.1 Å². The Balaban J connectivity index is 2.30. The van der Waals surface area contributed by atoms with Crippen LogP contribution in [0.15, 0.2) is 57.2 Å². The van der Waals surface area contributed by atoms with E-state index in [4.69, 9.17) is 4.42 Å². The highest BCUT2D eigenvalue weighted by molar-refractivity contribution is 14.1. The third-order valence-corrected chi connectivity index (χ3v) is 3.27. The van der Waals surface area contributed by atoms with Gasteiger partial charge in [-0.25, -0.2) is 0 Å². The molecule has 0 aliphatic rings. The van der Waals surface area contributed by atoms with Gasteiger partial charge in [-0.15, -0.1) is 0 Å². The monoisotopic (exact) mass is 338 g/mol. The molecule has 1 heterocycles. The molecule has 2 rings (SSSR count). The first kappa shape index (κ1) is 12.4. The van der Waals surface area contributed by atoms with Gasteiger partial charge in [0.25, 0.3) is 0 Å². The van der Waals surface area contributed by atoms with Crippen molar-refractivity contribution in [3.63, 3.8) is 0 Å². The predicted octanol–water partition coefficient (Wildman–Crippen LogP) is 5.17. The summed E-state index contributed by atoms with van der Waals surface area (Å²) < 4.78 is 7.45. The fourth-order valence-corrected chi connectivity index (χ4v) is 2.66. The summed E-state index contributed by atoms with van der Waals surface area (Å²) in [6, 6.07) is 12.4. The Hall–Kier alpha value is -1.03. The van der Waals surface area contributed by atoms with Crippen molar-refractivity contribution in [1.82, 2.24) is 0 Å². The molecule has 17 heavy (non-hydrogen) atoms. The van der Waals surface area contributed by atoms with Crippen molar-refractivity contribution in [3.8, 4) is 11.3 Å². The van der Waals surface area contributed by atoms with E-state index in [2.05, 4.69) is 70.9 Å². The lowest BCUT2D eigenvalue weighted by atomic mass is 9.84. The normalized spacial score (nSPS) is 12.2. The lowest BCUT2D eigenvalue weighted by Crippen LogP contribution is -2.12. The second-order valence-corrected chi connectivity index (χ2v) is 5.29. The molecular weight excluding hydrogens is 323 g/mol. The standard InChI is InChI=1S/C15H15IO/c1-15(2,9-10-16)13-7-5-12(6-8-13)14-4-3-11-17-14/h3-11H,1-2H3/b10-9+. The molecule has 0 amide bonds. The van der Waals surface area contributed by atoms with Crippen LogP contribution in [0, 0.1) is 0 Å². The predicted molar refractivity (Wildman–Crippen MR) is 80.3 cm³/mol. The van der Waals surface area contributed by atoms with Gasteiger partial charge in [-0.05, 0) is 21.8 Å². The van der Waals surface area contributed by atoms with Crippen molar-refractivity contribution in [2.24, 2.45) is 0 Å². The smallest absolute Gasteiger partial charge is 0.133 e. The molecule has 0 saturated carbocycles. The maximum Gasteiger partial charge on any atom is 0.133 e. The highest BCUT2D eigenvalue weighted by atomic mass is 127. The van der Waals surface area contributed by atoms with E-state index in [1.807, 2.05) is 12.1 Å².